The van der Waals surface area contributed by atoms with E-state index in [0.29, 0.717) is 6.04 Å². The number of nitrogens with zero attached hydrogens (tertiary/aromatic N) is 3. The van der Waals surface area contributed by atoms with Crippen molar-refractivity contribution in [2.45, 2.75) is 50.7 Å². The van der Waals surface area contributed by atoms with Gasteiger partial charge in [-0.25, -0.2) is 4.79 Å². The summed E-state index contributed by atoms with van der Waals surface area (Å²) in [6.45, 7) is 4.85. The fourth-order valence-electron chi connectivity index (χ4n) is 4.46. The average molecular weight is 327 g/mol. The molecule has 3 heterocycles. The number of hydrogen-bond donors (Lipinski definition) is 0. The highest BCUT2D eigenvalue weighted by atomic mass is 16.2. The molecule has 1 aromatic carbocycles. The lowest BCUT2D eigenvalue weighted by Gasteiger charge is -2.38. The third-order valence-corrected chi connectivity index (χ3v) is 5.92. The van der Waals surface area contributed by atoms with E-state index in [2.05, 4.69) is 36.1 Å². The van der Waals surface area contributed by atoms with Crippen molar-refractivity contribution in [2.24, 2.45) is 0 Å². The quantitative estimate of drug-likeness (QED) is 0.802. The predicted molar refractivity (Wildman–Crippen MR) is 91.4 cm³/mol. The molecule has 3 amide bonds. The standard InChI is InChI=1S/C19H25N3O2/c1-14(15-6-3-2-4-7-15)20-12-9-16(10-13-20)22-18(23)17-8-5-11-21(17)19(22)24/h2-4,6-7,14,16-17H,5,8-13H2,1H3/t14?,17-/m1/s1. The minimum Gasteiger partial charge on any atom is -0.312 e. The summed E-state index contributed by atoms with van der Waals surface area (Å²) in [5.41, 5.74) is 1.32. The number of amides is 3. The maximum absolute atomic E-state index is 12.6. The first-order valence-corrected chi connectivity index (χ1v) is 9.09. The van der Waals surface area contributed by atoms with E-state index in [1.807, 2.05) is 6.07 Å². The van der Waals surface area contributed by atoms with Crippen LogP contribution < -0.4 is 0 Å². The highest BCUT2D eigenvalue weighted by Crippen LogP contribution is 2.32. The van der Waals surface area contributed by atoms with Crippen molar-refractivity contribution in [1.29, 1.82) is 0 Å². The highest BCUT2D eigenvalue weighted by Gasteiger charge is 2.50. The number of hydrogen-bond acceptors (Lipinski definition) is 3. The molecule has 0 N–H and O–H groups in total. The maximum Gasteiger partial charge on any atom is 0.327 e. The number of fused-ring (bicyclic) bond motifs is 1. The van der Waals surface area contributed by atoms with Crippen LogP contribution in [0.15, 0.2) is 30.3 Å². The Balaban J connectivity index is 1.40. The molecule has 5 heteroatoms. The normalized spacial score (nSPS) is 27.0. The summed E-state index contributed by atoms with van der Waals surface area (Å²) in [5.74, 6) is 0.0482. The third kappa shape index (κ3) is 2.51. The topological polar surface area (TPSA) is 43.9 Å². The van der Waals surface area contributed by atoms with Crippen molar-refractivity contribution in [3.63, 3.8) is 0 Å². The Morgan fingerprint density at radius 1 is 1.00 bits per heavy atom. The number of urea groups is 1. The van der Waals surface area contributed by atoms with E-state index in [9.17, 15) is 9.59 Å². The van der Waals surface area contributed by atoms with Crippen molar-refractivity contribution >= 4 is 11.9 Å². The Kier molecular flexibility index (Phi) is 4.04. The van der Waals surface area contributed by atoms with Crippen LogP contribution in [0.25, 0.3) is 0 Å². The fraction of sp³-hybridized carbons (Fsp3) is 0.579. The summed E-state index contributed by atoms with van der Waals surface area (Å²) in [6, 6.07) is 10.8. The van der Waals surface area contributed by atoms with E-state index in [1.165, 1.54) is 5.56 Å². The molecule has 0 radical (unpaired) electrons. The van der Waals surface area contributed by atoms with Gasteiger partial charge in [-0.3, -0.25) is 14.6 Å². The van der Waals surface area contributed by atoms with Crippen LogP contribution in [0.3, 0.4) is 0 Å². The molecule has 0 aliphatic carbocycles. The Morgan fingerprint density at radius 2 is 1.71 bits per heavy atom. The van der Waals surface area contributed by atoms with E-state index in [4.69, 9.17) is 0 Å². The monoisotopic (exact) mass is 327 g/mol. The second-order valence-electron chi connectivity index (χ2n) is 7.20. The van der Waals surface area contributed by atoms with Gasteiger partial charge in [0.15, 0.2) is 0 Å². The molecular formula is C19H25N3O2. The van der Waals surface area contributed by atoms with Crippen LogP contribution in [0.1, 0.15) is 44.2 Å². The second kappa shape index (κ2) is 6.20. The number of carbonyl (C=O) groups is 2. The maximum atomic E-state index is 12.6. The lowest BCUT2D eigenvalue weighted by atomic mass is 9.99. The zero-order chi connectivity index (χ0) is 16.7. The first kappa shape index (κ1) is 15.6. The number of piperidine rings is 1. The Morgan fingerprint density at radius 3 is 2.38 bits per heavy atom. The van der Waals surface area contributed by atoms with Gasteiger partial charge >= 0.3 is 6.03 Å². The fourth-order valence-corrected chi connectivity index (χ4v) is 4.46. The highest BCUT2D eigenvalue weighted by molar-refractivity contribution is 6.04. The molecule has 24 heavy (non-hydrogen) atoms. The van der Waals surface area contributed by atoms with Crippen molar-refractivity contribution in [2.75, 3.05) is 19.6 Å². The molecular weight excluding hydrogens is 302 g/mol. The van der Waals surface area contributed by atoms with Crippen LogP contribution in [0.5, 0.6) is 0 Å². The predicted octanol–water partition coefficient (Wildman–Crippen LogP) is 2.64. The van der Waals surface area contributed by atoms with Crippen LogP contribution >= 0.6 is 0 Å². The summed E-state index contributed by atoms with van der Waals surface area (Å²) in [6.07, 6.45) is 3.57. The van der Waals surface area contributed by atoms with Gasteiger partial charge < -0.3 is 4.90 Å². The molecule has 4 rings (SSSR count). The smallest absolute Gasteiger partial charge is 0.312 e. The Bertz CT molecular complexity index is 603. The zero-order valence-corrected chi connectivity index (χ0v) is 14.2. The molecule has 0 aromatic heterocycles. The van der Waals surface area contributed by atoms with Gasteiger partial charge in [0.05, 0.1) is 0 Å². The summed E-state index contributed by atoms with van der Waals surface area (Å²) in [4.78, 5) is 30.9. The molecule has 3 aliphatic heterocycles. The minimum absolute atomic E-state index is 0.0444. The third-order valence-electron chi connectivity index (χ3n) is 5.92. The first-order chi connectivity index (χ1) is 11.7. The lowest BCUT2D eigenvalue weighted by Crippen LogP contribution is -2.48. The van der Waals surface area contributed by atoms with E-state index in [-0.39, 0.29) is 24.0 Å². The van der Waals surface area contributed by atoms with Crippen molar-refractivity contribution in [3.8, 4) is 0 Å². The average Bonchev–Trinajstić information content (AvgIpc) is 3.20. The molecule has 128 valence electrons. The zero-order valence-electron chi connectivity index (χ0n) is 14.2. The molecule has 3 aliphatic rings. The molecule has 1 aromatic rings. The van der Waals surface area contributed by atoms with Crippen LogP contribution in [0.4, 0.5) is 4.79 Å². The van der Waals surface area contributed by atoms with Crippen LogP contribution in [0.2, 0.25) is 0 Å². The van der Waals surface area contributed by atoms with E-state index < -0.39 is 0 Å². The molecule has 1 unspecified atom stereocenters. The van der Waals surface area contributed by atoms with Crippen LogP contribution in [0, 0.1) is 0 Å². The van der Waals surface area contributed by atoms with Crippen LogP contribution in [-0.2, 0) is 4.79 Å². The molecule has 0 bridgehead atoms. The first-order valence-electron chi connectivity index (χ1n) is 9.09. The summed E-state index contributed by atoms with van der Waals surface area (Å²) >= 11 is 0. The number of rotatable bonds is 3. The van der Waals surface area contributed by atoms with E-state index in [1.54, 1.807) is 9.80 Å². The number of benzene rings is 1. The van der Waals surface area contributed by atoms with E-state index >= 15 is 0 Å². The number of likely N-dealkylation sites (tertiary alicyclic amines) is 1. The van der Waals surface area contributed by atoms with Gasteiger partial charge in [-0.05, 0) is 38.2 Å². The van der Waals surface area contributed by atoms with Crippen molar-refractivity contribution < 1.29 is 9.59 Å². The lowest BCUT2D eigenvalue weighted by molar-refractivity contribution is -0.130. The molecule has 3 saturated heterocycles. The molecule has 3 fully saturated rings. The molecule has 2 atom stereocenters. The van der Waals surface area contributed by atoms with Gasteiger partial charge in [0.1, 0.15) is 6.04 Å². The molecule has 5 nitrogen and oxygen atoms in total. The summed E-state index contributed by atoms with van der Waals surface area (Å²) in [7, 11) is 0. The van der Waals surface area contributed by atoms with Gasteiger partial charge in [0, 0.05) is 31.7 Å². The Labute approximate surface area is 143 Å². The van der Waals surface area contributed by atoms with Gasteiger partial charge in [-0.1, -0.05) is 30.3 Å². The summed E-state index contributed by atoms with van der Waals surface area (Å²) < 4.78 is 0. The molecule has 0 saturated carbocycles. The summed E-state index contributed by atoms with van der Waals surface area (Å²) in [5, 5.41) is 0. The van der Waals surface area contributed by atoms with Crippen molar-refractivity contribution in [1.82, 2.24) is 14.7 Å². The Hall–Kier alpha value is -1.88. The van der Waals surface area contributed by atoms with Crippen molar-refractivity contribution in [3.05, 3.63) is 35.9 Å². The second-order valence-corrected chi connectivity index (χ2v) is 7.20. The van der Waals surface area contributed by atoms with Gasteiger partial charge in [-0.15, -0.1) is 0 Å². The largest absolute Gasteiger partial charge is 0.327 e. The van der Waals surface area contributed by atoms with Gasteiger partial charge in [-0.2, -0.15) is 0 Å². The van der Waals surface area contributed by atoms with Gasteiger partial charge in [0.2, 0.25) is 0 Å². The van der Waals surface area contributed by atoms with E-state index in [0.717, 1.165) is 45.3 Å². The number of carbonyl (C=O) groups excluding carboxylic acids is 2. The minimum atomic E-state index is -0.168. The number of imide groups is 1. The SMILES string of the molecule is CC(c1ccccc1)N1CCC(N2C(=O)[C@H]3CCCN3C2=O)CC1. The molecule has 0 spiro atoms. The van der Waals surface area contributed by atoms with Gasteiger partial charge in [0.25, 0.3) is 5.91 Å². The van der Waals surface area contributed by atoms with Crippen LogP contribution in [-0.4, -0.2) is 58.4 Å².